The Bertz CT molecular complexity index is 733. The largest absolute Gasteiger partial charge is 0.354 e. The molecule has 1 saturated carbocycles. The van der Waals surface area contributed by atoms with E-state index in [4.69, 9.17) is 0 Å². The molecule has 0 unspecified atom stereocenters. The third-order valence-corrected chi connectivity index (χ3v) is 4.67. The lowest BCUT2D eigenvalue weighted by molar-refractivity contribution is 0.405. The van der Waals surface area contributed by atoms with Crippen molar-refractivity contribution in [2.24, 2.45) is 0 Å². The molecule has 1 aliphatic rings. The highest BCUT2D eigenvalue weighted by molar-refractivity contribution is 14.1. The Hall–Kier alpha value is -1.48. The van der Waals surface area contributed by atoms with Gasteiger partial charge in [0, 0.05) is 22.1 Å². The van der Waals surface area contributed by atoms with Crippen LogP contribution in [-0.2, 0) is 0 Å². The van der Waals surface area contributed by atoms with E-state index in [0.29, 0.717) is 23.4 Å². The molecule has 7 heteroatoms. The summed E-state index contributed by atoms with van der Waals surface area (Å²) >= 11 is 2.10. The van der Waals surface area contributed by atoms with Gasteiger partial charge in [0.05, 0.1) is 11.4 Å². The number of aromatic nitrogens is 2. The average molecular weight is 455 g/mol. The Morgan fingerprint density at radius 3 is 2.72 bits per heavy atom. The number of hydrogen-bond acceptors (Lipinski definition) is 5. The van der Waals surface area contributed by atoms with Crippen LogP contribution in [0.4, 0.5) is 21.8 Å². The zero-order chi connectivity index (χ0) is 17.8. The predicted octanol–water partition coefficient (Wildman–Crippen LogP) is 4.20. The lowest BCUT2D eigenvalue weighted by atomic mass is 10.2. The molecule has 0 aliphatic heterocycles. The first-order valence-corrected chi connectivity index (χ1v) is 9.59. The topological polar surface area (TPSA) is 53.1 Å². The van der Waals surface area contributed by atoms with Crippen LogP contribution >= 0.6 is 22.6 Å². The summed E-state index contributed by atoms with van der Waals surface area (Å²) in [5.41, 5.74) is 1.46. The van der Waals surface area contributed by atoms with E-state index in [0.717, 1.165) is 41.6 Å². The van der Waals surface area contributed by atoms with Gasteiger partial charge in [-0.25, -0.2) is 9.37 Å². The molecule has 1 heterocycles. The van der Waals surface area contributed by atoms with E-state index in [1.165, 1.54) is 6.07 Å². The molecule has 134 valence electrons. The second-order valence-corrected chi connectivity index (χ2v) is 7.85. The molecule has 1 aliphatic carbocycles. The van der Waals surface area contributed by atoms with Crippen molar-refractivity contribution in [2.75, 3.05) is 37.8 Å². The molecular formula is C18H23FIN5. The third kappa shape index (κ3) is 5.50. The van der Waals surface area contributed by atoms with Crippen LogP contribution in [0.3, 0.4) is 0 Å². The number of hydrogen-bond donors (Lipinski definition) is 2. The molecule has 1 fully saturated rings. The van der Waals surface area contributed by atoms with Crippen molar-refractivity contribution in [3.05, 3.63) is 39.3 Å². The van der Waals surface area contributed by atoms with Crippen molar-refractivity contribution in [3.8, 4) is 0 Å². The van der Waals surface area contributed by atoms with Gasteiger partial charge in [-0.15, -0.1) is 0 Å². The summed E-state index contributed by atoms with van der Waals surface area (Å²) in [5.74, 6) is 1.47. The highest BCUT2D eigenvalue weighted by Crippen LogP contribution is 2.40. The van der Waals surface area contributed by atoms with Crippen LogP contribution in [0.15, 0.2) is 24.3 Å². The molecule has 2 N–H and O–H groups in total. The Kier molecular flexibility index (Phi) is 6.06. The fourth-order valence-electron chi connectivity index (χ4n) is 2.52. The van der Waals surface area contributed by atoms with Crippen LogP contribution in [0, 0.1) is 9.39 Å². The molecule has 1 aromatic carbocycles. The van der Waals surface area contributed by atoms with Crippen LogP contribution in [-0.4, -0.2) is 42.1 Å². The minimum absolute atomic E-state index is 0.279. The lowest BCUT2D eigenvalue weighted by Gasteiger charge is -2.13. The quantitative estimate of drug-likeness (QED) is 0.462. The van der Waals surface area contributed by atoms with Crippen molar-refractivity contribution in [2.45, 2.75) is 25.2 Å². The van der Waals surface area contributed by atoms with Crippen LogP contribution < -0.4 is 10.6 Å². The summed E-state index contributed by atoms with van der Waals surface area (Å²) in [6.07, 6.45) is 3.33. The van der Waals surface area contributed by atoms with Crippen LogP contribution in [0.5, 0.6) is 0 Å². The minimum Gasteiger partial charge on any atom is -0.354 e. The van der Waals surface area contributed by atoms with Crippen molar-refractivity contribution in [1.82, 2.24) is 14.9 Å². The molecule has 0 spiro atoms. The van der Waals surface area contributed by atoms with Gasteiger partial charge in [0.25, 0.3) is 0 Å². The molecule has 0 saturated heterocycles. The Morgan fingerprint density at radius 1 is 1.24 bits per heavy atom. The Labute approximate surface area is 161 Å². The van der Waals surface area contributed by atoms with Crippen LogP contribution in [0.2, 0.25) is 0 Å². The molecule has 0 radical (unpaired) electrons. The van der Waals surface area contributed by atoms with Gasteiger partial charge < -0.3 is 15.5 Å². The average Bonchev–Trinajstić information content (AvgIpc) is 3.39. The van der Waals surface area contributed by atoms with E-state index in [9.17, 15) is 4.39 Å². The Morgan fingerprint density at radius 2 is 2.04 bits per heavy atom. The first-order valence-electron chi connectivity index (χ1n) is 8.51. The number of rotatable bonds is 8. The molecule has 0 bridgehead atoms. The maximum atomic E-state index is 14.1. The highest BCUT2D eigenvalue weighted by atomic mass is 127. The monoisotopic (exact) mass is 455 g/mol. The van der Waals surface area contributed by atoms with E-state index in [2.05, 4.69) is 62.2 Å². The zero-order valence-corrected chi connectivity index (χ0v) is 16.7. The van der Waals surface area contributed by atoms with E-state index < -0.39 is 0 Å². The minimum atomic E-state index is -0.279. The van der Waals surface area contributed by atoms with Crippen molar-refractivity contribution in [3.63, 3.8) is 0 Å². The van der Waals surface area contributed by atoms with Gasteiger partial charge in [-0.1, -0.05) is 0 Å². The van der Waals surface area contributed by atoms with Crippen molar-refractivity contribution in [1.29, 1.82) is 0 Å². The van der Waals surface area contributed by atoms with E-state index in [-0.39, 0.29) is 5.82 Å². The number of halogens is 2. The van der Waals surface area contributed by atoms with Gasteiger partial charge in [0.15, 0.2) is 0 Å². The first kappa shape index (κ1) is 18.3. The summed E-state index contributed by atoms with van der Waals surface area (Å²) in [5, 5.41) is 6.38. The normalized spacial score (nSPS) is 14.0. The van der Waals surface area contributed by atoms with Gasteiger partial charge in [-0.3, -0.25) is 0 Å². The summed E-state index contributed by atoms with van der Waals surface area (Å²) in [4.78, 5) is 11.3. The summed E-state index contributed by atoms with van der Waals surface area (Å²) in [7, 11) is 4.11. The van der Waals surface area contributed by atoms with Gasteiger partial charge in [0.2, 0.25) is 5.95 Å². The van der Waals surface area contributed by atoms with Gasteiger partial charge in [-0.2, -0.15) is 4.98 Å². The zero-order valence-electron chi connectivity index (χ0n) is 14.5. The van der Waals surface area contributed by atoms with Crippen molar-refractivity contribution >= 4 is 40.0 Å². The number of benzene rings is 1. The maximum Gasteiger partial charge on any atom is 0.224 e. The SMILES string of the molecule is CN(C)CCCNc1nc(Nc2ccc(I)cc2F)cc(C2CC2)n1. The van der Waals surface area contributed by atoms with E-state index >= 15 is 0 Å². The fourth-order valence-corrected chi connectivity index (χ4v) is 2.97. The van der Waals surface area contributed by atoms with Crippen LogP contribution in [0.25, 0.3) is 0 Å². The summed E-state index contributed by atoms with van der Waals surface area (Å²) in [6, 6.07) is 7.04. The smallest absolute Gasteiger partial charge is 0.224 e. The second kappa shape index (κ2) is 8.27. The molecule has 0 atom stereocenters. The summed E-state index contributed by atoms with van der Waals surface area (Å²) < 4.78 is 15.0. The molecular weight excluding hydrogens is 432 g/mol. The van der Waals surface area contributed by atoms with Crippen molar-refractivity contribution < 1.29 is 4.39 Å². The predicted molar refractivity (Wildman–Crippen MR) is 108 cm³/mol. The number of anilines is 3. The molecule has 5 nitrogen and oxygen atoms in total. The second-order valence-electron chi connectivity index (χ2n) is 6.61. The maximum absolute atomic E-state index is 14.1. The molecule has 3 rings (SSSR count). The van der Waals surface area contributed by atoms with Gasteiger partial charge in [0.1, 0.15) is 11.6 Å². The lowest BCUT2D eigenvalue weighted by Crippen LogP contribution is -2.17. The number of nitrogens with one attached hydrogen (secondary N) is 2. The molecule has 25 heavy (non-hydrogen) atoms. The summed E-state index contributed by atoms with van der Waals surface area (Å²) in [6.45, 7) is 1.82. The van der Waals surface area contributed by atoms with Gasteiger partial charge in [-0.05, 0) is 80.7 Å². The Balaban J connectivity index is 1.73. The number of nitrogens with zero attached hydrogens (tertiary/aromatic N) is 3. The molecule has 2 aromatic rings. The standard InChI is InChI=1S/C18H23FIN5/c1-25(2)9-3-8-21-18-23-16(12-4-5-12)11-17(24-18)22-15-7-6-13(20)10-14(15)19/h6-7,10-12H,3-5,8-9H2,1-2H3,(H2,21,22,23,24). The van der Waals surface area contributed by atoms with E-state index in [1.807, 2.05) is 12.1 Å². The molecule has 0 amide bonds. The van der Waals surface area contributed by atoms with E-state index in [1.54, 1.807) is 6.07 Å². The van der Waals surface area contributed by atoms with Crippen LogP contribution in [0.1, 0.15) is 30.9 Å². The third-order valence-electron chi connectivity index (χ3n) is 4.00. The highest BCUT2D eigenvalue weighted by Gasteiger charge is 2.26. The van der Waals surface area contributed by atoms with Gasteiger partial charge >= 0.3 is 0 Å². The fraction of sp³-hybridized carbons (Fsp3) is 0.444. The molecule has 1 aromatic heterocycles. The first-order chi connectivity index (χ1) is 12.0.